The summed E-state index contributed by atoms with van der Waals surface area (Å²) in [4.78, 5) is 31.6. The predicted octanol–water partition coefficient (Wildman–Crippen LogP) is 2.98. The van der Waals surface area contributed by atoms with Crippen LogP contribution in [0.15, 0.2) is 35.4 Å². The fourth-order valence-electron chi connectivity index (χ4n) is 1.69. The van der Waals surface area contributed by atoms with Gasteiger partial charge in [-0.15, -0.1) is 11.8 Å². The van der Waals surface area contributed by atoms with Crippen LogP contribution in [0.2, 0.25) is 0 Å². The summed E-state index contributed by atoms with van der Waals surface area (Å²) in [6, 6.07) is 7.99. The molecule has 0 fully saturated rings. The third-order valence-electron chi connectivity index (χ3n) is 2.81. The molecule has 6 heteroatoms. The molecule has 1 aromatic carbocycles. The first-order chi connectivity index (χ1) is 9.97. The Morgan fingerprint density at radius 2 is 1.90 bits per heavy atom. The van der Waals surface area contributed by atoms with E-state index < -0.39 is 5.97 Å². The fourth-order valence-corrected chi connectivity index (χ4v) is 2.45. The molecule has 21 heavy (non-hydrogen) atoms. The number of Topliss-reactive ketones (excluding diaryl/α,β-unsaturated/α-hetero) is 1. The van der Waals surface area contributed by atoms with Crippen LogP contribution in [0.1, 0.15) is 39.2 Å². The highest BCUT2D eigenvalue weighted by Gasteiger charge is 2.17. The van der Waals surface area contributed by atoms with Crippen molar-refractivity contribution in [2.24, 2.45) is 0 Å². The van der Waals surface area contributed by atoms with Gasteiger partial charge in [-0.25, -0.2) is 14.8 Å². The number of hydrogen-bond donors (Lipinski definition) is 1. The number of aryl methyl sites for hydroxylation is 1. The summed E-state index contributed by atoms with van der Waals surface area (Å²) in [5, 5.41) is 9.11. The summed E-state index contributed by atoms with van der Waals surface area (Å²) in [5.41, 5.74) is 0.971. The van der Waals surface area contributed by atoms with Crippen LogP contribution in [-0.2, 0) is 5.75 Å². The molecular formula is C15H14N2O3S. The van der Waals surface area contributed by atoms with Gasteiger partial charge in [-0.05, 0) is 26.0 Å². The molecule has 0 aliphatic heterocycles. The van der Waals surface area contributed by atoms with Gasteiger partial charge in [-0.1, -0.05) is 17.7 Å². The summed E-state index contributed by atoms with van der Waals surface area (Å²) >= 11 is 1.51. The summed E-state index contributed by atoms with van der Waals surface area (Å²) in [6.07, 6.45) is 1.28. The Morgan fingerprint density at radius 3 is 2.48 bits per heavy atom. The highest BCUT2D eigenvalue weighted by atomic mass is 32.2. The Bertz CT molecular complexity index is 684. The summed E-state index contributed by atoms with van der Waals surface area (Å²) in [5.74, 6) is -0.737. The standard InChI is InChI=1S/C15H14N2O3S/c1-9-3-5-11(6-4-9)21-8-13-16-7-12(10(2)18)14(17-13)15(19)20/h3-7H,8H2,1-2H3,(H,19,20). The Hall–Kier alpha value is -2.21. The van der Waals surface area contributed by atoms with Crippen molar-refractivity contribution in [3.63, 3.8) is 0 Å². The lowest BCUT2D eigenvalue weighted by atomic mass is 10.1. The molecule has 0 amide bonds. The van der Waals surface area contributed by atoms with E-state index in [1.54, 1.807) is 0 Å². The number of benzene rings is 1. The molecule has 5 nitrogen and oxygen atoms in total. The van der Waals surface area contributed by atoms with Gasteiger partial charge in [-0.3, -0.25) is 4.79 Å². The first-order valence-corrected chi connectivity index (χ1v) is 7.25. The van der Waals surface area contributed by atoms with Crippen LogP contribution < -0.4 is 0 Å². The second-order valence-corrected chi connectivity index (χ2v) is 5.56. The van der Waals surface area contributed by atoms with E-state index in [2.05, 4.69) is 9.97 Å². The van der Waals surface area contributed by atoms with E-state index in [0.29, 0.717) is 11.6 Å². The van der Waals surface area contributed by atoms with Gasteiger partial charge in [-0.2, -0.15) is 0 Å². The lowest BCUT2D eigenvalue weighted by molar-refractivity contribution is 0.0685. The number of aromatic carboxylic acids is 1. The van der Waals surface area contributed by atoms with E-state index in [1.807, 2.05) is 31.2 Å². The van der Waals surface area contributed by atoms with Crippen LogP contribution in [0.25, 0.3) is 0 Å². The number of carboxylic acids is 1. The van der Waals surface area contributed by atoms with Gasteiger partial charge in [0.05, 0.1) is 11.3 Å². The van der Waals surface area contributed by atoms with Crippen LogP contribution in [0, 0.1) is 6.92 Å². The Morgan fingerprint density at radius 1 is 1.24 bits per heavy atom. The number of hydrogen-bond acceptors (Lipinski definition) is 5. The van der Waals surface area contributed by atoms with E-state index in [0.717, 1.165) is 4.90 Å². The van der Waals surface area contributed by atoms with Gasteiger partial charge in [0.25, 0.3) is 0 Å². The zero-order chi connectivity index (χ0) is 15.4. The Labute approximate surface area is 126 Å². The highest BCUT2D eigenvalue weighted by molar-refractivity contribution is 7.98. The third kappa shape index (κ3) is 3.88. The van der Waals surface area contributed by atoms with Crippen LogP contribution in [-0.4, -0.2) is 26.8 Å². The molecule has 0 aliphatic rings. The molecule has 0 saturated carbocycles. The monoisotopic (exact) mass is 302 g/mol. The molecule has 2 aromatic rings. The number of carbonyl (C=O) groups is 2. The van der Waals surface area contributed by atoms with E-state index in [-0.39, 0.29) is 17.0 Å². The smallest absolute Gasteiger partial charge is 0.355 e. The maximum atomic E-state index is 11.3. The minimum Gasteiger partial charge on any atom is -0.476 e. The molecule has 0 saturated heterocycles. The number of ketones is 1. The molecule has 1 N–H and O–H groups in total. The quantitative estimate of drug-likeness (QED) is 0.675. The lowest BCUT2D eigenvalue weighted by Gasteiger charge is -2.05. The average molecular weight is 302 g/mol. The maximum Gasteiger partial charge on any atom is 0.355 e. The van der Waals surface area contributed by atoms with E-state index >= 15 is 0 Å². The second kappa shape index (κ2) is 6.49. The topological polar surface area (TPSA) is 80.2 Å². The molecule has 0 bridgehead atoms. The molecule has 2 rings (SSSR count). The number of carbonyl (C=O) groups excluding carboxylic acids is 1. The number of rotatable bonds is 5. The van der Waals surface area contributed by atoms with Crippen molar-refractivity contribution in [1.82, 2.24) is 9.97 Å². The minimum atomic E-state index is -1.22. The van der Waals surface area contributed by atoms with E-state index in [9.17, 15) is 9.59 Å². The molecule has 1 aromatic heterocycles. The van der Waals surface area contributed by atoms with Gasteiger partial charge in [0.1, 0.15) is 5.82 Å². The first kappa shape index (κ1) is 15.2. The first-order valence-electron chi connectivity index (χ1n) is 6.27. The highest BCUT2D eigenvalue weighted by Crippen LogP contribution is 2.22. The SMILES string of the molecule is CC(=O)c1cnc(CSc2ccc(C)cc2)nc1C(=O)O. The molecular weight excluding hydrogens is 288 g/mol. The van der Waals surface area contributed by atoms with Crippen molar-refractivity contribution in [1.29, 1.82) is 0 Å². The number of thioether (sulfide) groups is 1. The van der Waals surface area contributed by atoms with Gasteiger partial charge < -0.3 is 5.11 Å². The normalized spacial score (nSPS) is 10.4. The minimum absolute atomic E-state index is 0.0339. The Kier molecular flexibility index (Phi) is 4.70. The molecule has 0 atom stereocenters. The number of nitrogens with zero attached hydrogens (tertiary/aromatic N) is 2. The summed E-state index contributed by atoms with van der Waals surface area (Å²) < 4.78 is 0. The zero-order valence-electron chi connectivity index (χ0n) is 11.7. The molecule has 0 unspecified atom stereocenters. The molecule has 0 radical (unpaired) electrons. The van der Waals surface area contributed by atoms with Crippen LogP contribution in [0.3, 0.4) is 0 Å². The van der Waals surface area contributed by atoms with Crippen molar-refractivity contribution in [2.45, 2.75) is 24.5 Å². The average Bonchev–Trinajstić information content (AvgIpc) is 2.46. The maximum absolute atomic E-state index is 11.3. The third-order valence-corrected chi connectivity index (χ3v) is 3.82. The fraction of sp³-hybridized carbons (Fsp3) is 0.200. The number of carboxylic acid groups (broad SMARTS) is 1. The predicted molar refractivity (Wildman–Crippen MR) is 79.7 cm³/mol. The van der Waals surface area contributed by atoms with Crippen molar-refractivity contribution >= 4 is 23.5 Å². The van der Waals surface area contributed by atoms with Gasteiger partial charge >= 0.3 is 5.97 Å². The lowest BCUT2D eigenvalue weighted by Crippen LogP contribution is -2.12. The molecule has 0 spiro atoms. The Balaban J connectivity index is 2.17. The van der Waals surface area contributed by atoms with Gasteiger partial charge in [0, 0.05) is 11.1 Å². The molecule has 1 heterocycles. The van der Waals surface area contributed by atoms with Crippen molar-refractivity contribution in [3.05, 3.63) is 53.1 Å². The molecule has 0 aliphatic carbocycles. The van der Waals surface area contributed by atoms with Crippen LogP contribution >= 0.6 is 11.8 Å². The van der Waals surface area contributed by atoms with Gasteiger partial charge in [0.15, 0.2) is 11.5 Å². The van der Waals surface area contributed by atoms with Crippen molar-refractivity contribution in [2.75, 3.05) is 0 Å². The van der Waals surface area contributed by atoms with E-state index in [1.165, 1.54) is 30.4 Å². The van der Waals surface area contributed by atoms with Crippen LogP contribution in [0.4, 0.5) is 0 Å². The summed E-state index contributed by atoms with van der Waals surface area (Å²) in [6.45, 7) is 3.31. The van der Waals surface area contributed by atoms with Gasteiger partial charge in [0.2, 0.25) is 0 Å². The van der Waals surface area contributed by atoms with E-state index in [4.69, 9.17) is 5.11 Å². The van der Waals surface area contributed by atoms with Crippen LogP contribution in [0.5, 0.6) is 0 Å². The largest absolute Gasteiger partial charge is 0.476 e. The second-order valence-electron chi connectivity index (χ2n) is 4.51. The summed E-state index contributed by atoms with van der Waals surface area (Å²) in [7, 11) is 0. The number of aromatic nitrogens is 2. The van der Waals surface area contributed by atoms with Crippen molar-refractivity contribution < 1.29 is 14.7 Å². The molecule has 108 valence electrons. The zero-order valence-corrected chi connectivity index (χ0v) is 12.5. The van der Waals surface area contributed by atoms with Crippen molar-refractivity contribution in [3.8, 4) is 0 Å².